The van der Waals surface area contributed by atoms with E-state index in [0.717, 1.165) is 26.4 Å². The van der Waals surface area contributed by atoms with E-state index in [1.165, 1.54) is 6.92 Å². The van der Waals surface area contributed by atoms with Gasteiger partial charge in [0.1, 0.15) is 0 Å². The molecule has 0 saturated heterocycles. The number of alkyl halides is 2. The van der Waals surface area contributed by atoms with Crippen molar-refractivity contribution in [2.24, 2.45) is 0 Å². The molecule has 1 aromatic carbocycles. The highest BCUT2D eigenvalue weighted by molar-refractivity contribution is 5.95. The highest BCUT2D eigenvalue weighted by Crippen LogP contribution is 2.41. The number of halogens is 2. The molecule has 0 aliphatic carbocycles. The van der Waals surface area contributed by atoms with E-state index in [4.69, 9.17) is 14.6 Å². The van der Waals surface area contributed by atoms with E-state index in [9.17, 15) is 18.4 Å². The van der Waals surface area contributed by atoms with Crippen LogP contribution in [0.15, 0.2) is 12.1 Å². The molecule has 0 bridgehead atoms. The molecule has 1 N–H and O–H groups in total. The summed E-state index contributed by atoms with van der Waals surface area (Å²) >= 11 is 0. The van der Waals surface area contributed by atoms with Crippen LogP contribution in [0.25, 0.3) is 0 Å². The van der Waals surface area contributed by atoms with E-state index in [-0.39, 0.29) is 22.8 Å². The smallest absolute Gasteiger partial charge is 0.493 e. The average Bonchev–Trinajstić information content (AvgIpc) is 2.37. The Labute approximate surface area is 112 Å². The number of methoxy groups -OCH3 is 2. The van der Waals surface area contributed by atoms with Gasteiger partial charge in [0, 0.05) is 5.56 Å². The molecule has 8 heteroatoms. The molecule has 0 fully saturated rings. The summed E-state index contributed by atoms with van der Waals surface area (Å²) in [6.07, 6.45) is -4.46. The topological polar surface area (TPSA) is 82.1 Å². The lowest BCUT2D eigenvalue weighted by Crippen LogP contribution is -2.35. The molecule has 0 amide bonds. The van der Waals surface area contributed by atoms with Gasteiger partial charge < -0.3 is 19.3 Å². The van der Waals surface area contributed by atoms with Gasteiger partial charge in [-0.3, -0.25) is 4.79 Å². The van der Waals surface area contributed by atoms with Crippen LogP contribution in [0.2, 0.25) is 0 Å². The summed E-state index contributed by atoms with van der Waals surface area (Å²) in [5, 5.41) is 8.36. The van der Waals surface area contributed by atoms with Crippen molar-refractivity contribution >= 4 is 11.8 Å². The third kappa shape index (κ3) is 3.14. The summed E-state index contributed by atoms with van der Waals surface area (Å²) in [6, 6.07) is 2.30. The zero-order chi connectivity index (χ0) is 15.5. The fourth-order valence-corrected chi connectivity index (χ4v) is 1.36. The molecule has 0 unspecified atom stereocenters. The second-order valence-corrected chi connectivity index (χ2v) is 3.69. The van der Waals surface area contributed by atoms with Crippen molar-refractivity contribution in [1.29, 1.82) is 0 Å². The number of hydrogen-bond donors (Lipinski definition) is 1. The van der Waals surface area contributed by atoms with Crippen molar-refractivity contribution < 1.29 is 37.7 Å². The largest absolute Gasteiger partial charge is 0.502 e. The van der Waals surface area contributed by atoms with Gasteiger partial charge in [0.25, 0.3) is 0 Å². The van der Waals surface area contributed by atoms with Crippen molar-refractivity contribution in [2.45, 2.75) is 13.0 Å². The monoisotopic (exact) mass is 290 g/mol. The summed E-state index contributed by atoms with van der Waals surface area (Å²) in [7, 11) is 2.31. The summed E-state index contributed by atoms with van der Waals surface area (Å²) in [5.74, 6) is -3.89. The molecule has 110 valence electrons. The molecular formula is C12H12F2O6. The van der Waals surface area contributed by atoms with E-state index < -0.39 is 17.8 Å². The lowest BCUT2D eigenvalue weighted by atomic mass is 10.1. The molecule has 0 aliphatic heterocycles. The number of carbonyl (C=O) groups is 2. The Hall–Kier alpha value is -2.38. The maximum absolute atomic E-state index is 13.1. The van der Waals surface area contributed by atoms with Gasteiger partial charge in [-0.1, -0.05) is 0 Å². The Morgan fingerprint density at radius 1 is 1.15 bits per heavy atom. The summed E-state index contributed by atoms with van der Waals surface area (Å²) < 4.78 is 40.0. The maximum Gasteiger partial charge on any atom is 0.502 e. The third-order valence-electron chi connectivity index (χ3n) is 2.35. The molecule has 1 aromatic rings. The minimum Gasteiger partial charge on any atom is -0.493 e. The standard InChI is InChI=1S/C12H12F2O6/c1-6(15)7-4-8(18-2)10(9(5-7)19-3)20-12(13,14)11(16)17/h4-5H,1-3H3,(H,16,17). The van der Waals surface area contributed by atoms with Crippen LogP contribution in [0.1, 0.15) is 17.3 Å². The number of rotatable bonds is 6. The SMILES string of the molecule is COc1cc(C(C)=O)cc(OC)c1OC(F)(F)C(=O)O. The van der Waals surface area contributed by atoms with Gasteiger partial charge >= 0.3 is 12.1 Å². The van der Waals surface area contributed by atoms with Gasteiger partial charge in [-0.25, -0.2) is 4.79 Å². The fourth-order valence-electron chi connectivity index (χ4n) is 1.36. The summed E-state index contributed by atoms with van der Waals surface area (Å²) in [6.45, 7) is 1.26. The van der Waals surface area contributed by atoms with Gasteiger partial charge in [0.05, 0.1) is 14.2 Å². The summed E-state index contributed by atoms with van der Waals surface area (Å²) in [4.78, 5) is 21.7. The number of carboxylic acids is 1. The van der Waals surface area contributed by atoms with Crippen LogP contribution in [0.3, 0.4) is 0 Å². The minimum atomic E-state index is -4.46. The fraction of sp³-hybridized carbons (Fsp3) is 0.333. The number of ether oxygens (including phenoxy) is 3. The van der Waals surface area contributed by atoms with Crippen LogP contribution < -0.4 is 14.2 Å². The molecule has 0 saturated carbocycles. The molecule has 1 rings (SSSR count). The van der Waals surface area contributed by atoms with E-state index >= 15 is 0 Å². The van der Waals surface area contributed by atoms with Crippen LogP contribution in [0, 0.1) is 0 Å². The number of carboxylic acid groups (broad SMARTS) is 1. The van der Waals surface area contributed by atoms with Crippen LogP contribution in [0.5, 0.6) is 17.2 Å². The van der Waals surface area contributed by atoms with Crippen LogP contribution in [-0.4, -0.2) is 37.2 Å². The first-order valence-electron chi connectivity index (χ1n) is 5.30. The number of carbonyl (C=O) groups excluding carboxylic acids is 1. The first-order chi connectivity index (χ1) is 9.22. The van der Waals surface area contributed by atoms with E-state index in [0.29, 0.717) is 0 Å². The highest BCUT2D eigenvalue weighted by atomic mass is 19.3. The predicted molar refractivity (Wildman–Crippen MR) is 62.8 cm³/mol. The molecular weight excluding hydrogens is 278 g/mol. The second kappa shape index (κ2) is 5.72. The second-order valence-electron chi connectivity index (χ2n) is 3.69. The Bertz CT molecular complexity index is 516. The molecule has 0 radical (unpaired) electrons. The van der Waals surface area contributed by atoms with Gasteiger partial charge in [-0.15, -0.1) is 0 Å². The first kappa shape index (κ1) is 15.7. The normalized spacial score (nSPS) is 10.8. The van der Waals surface area contributed by atoms with Gasteiger partial charge in [0.2, 0.25) is 5.75 Å². The van der Waals surface area contributed by atoms with Crippen LogP contribution in [-0.2, 0) is 4.79 Å². The lowest BCUT2D eigenvalue weighted by molar-refractivity contribution is -0.211. The zero-order valence-corrected chi connectivity index (χ0v) is 10.9. The Morgan fingerprint density at radius 3 is 1.90 bits per heavy atom. The van der Waals surface area contributed by atoms with Crippen molar-refractivity contribution in [2.75, 3.05) is 14.2 Å². The summed E-state index contributed by atoms with van der Waals surface area (Å²) in [5.41, 5.74) is 0.143. The van der Waals surface area contributed by atoms with Crippen LogP contribution >= 0.6 is 0 Å². The van der Waals surface area contributed by atoms with E-state index in [1.807, 2.05) is 0 Å². The Balaban J connectivity index is 3.37. The first-order valence-corrected chi connectivity index (χ1v) is 5.30. The third-order valence-corrected chi connectivity index (χ3v) is 2.35. The molecule has 0 spiro atoms. The molecule has 0 heterocycles. The number of Topliss-reactive ketones (excluding diaryl/α,β-unsaturated/α-hetero) is 1. The molecule has 20 heavy (non-hydrogen) atoms. The molecule has 0 aromatic heterocycles. The van der Waals surface area contributed by atoms with Gasteiger partial charge in [-0.2, -0.15) is 8.78 Å². The maximum atomic E-state index is 13.1. The number of hydrogen-bond acceptors (Lipinski definition) is 5. The Kier molecular flexibility index (Phi) is 4.49. The van der Waals surface area contributed by atoms with Crippen LogP contribution in [0.4, 0.5) is 8.78 Å². The van der Waals surface area contributed by atoms with Gasteiger partial charge in [0.15, 0.2) is 17.3 Å². The van der Waals surface area contributed by atoms with Gasteiger partial charge in [-0.05, 0) is 19.1 Å². The van der Waals surface area contributed by atoms with Crippen molar-refractivity contribution in [3.05, 3.63) is 17.7 Å². The van der Waals surface area contributed by atoms with E-state index in [1.54, 1.807) is 0 Å². The Morgan fingerprint density at radius 2 is 1.60 bits per heavy atom. The molecule has 0 aliphatic rings. The van der Waals surface area contributed by atoms with Crippen molar-refractivity contribution in [3.8, 4) is 17.2 Å². The molecule has 6 nitrogen and oxygen atoms in total. The predicted octanol–water partition coefficient (Wildman–Crippen LogP) is 1.96. The highest BCUT2D eigenvalue weighted by Gasteiger charge is 2.44. The number of ketones is 1. The number of benzene rings is 1. The average molecular weight is 290 g/mol. The van der Waals surface area contributed by atoms with Crippen molar-refractivity contribution in [1.82, 2.24) is 0 Å². The zero-order valence-electron chi connectivity index (χ0n) is 10.9. The quantitative estimate of drug-likeness (QED) is 0.806. The van der Waals surface area contributed by atoms with E-state index in [2.05, 4.69) is 4.74 Å². The minimum absolute atomic E-state index is 0.143. The lowest BCUT2D eigenvalue weighted by Gasteiger charge is -2.18. The number of aliphatic carboxylic acids is 1. The van der Waals surface area contributed by atoms with Crippen molar-refractivity contribution in [3.63, 3.8) is 0 Å². The molecule has 0 atom stereocenters.